The minimum Gasteiger partial charge on any atom is -0.481 e. The van der Waals surface area contributed by atoms with E-state index in [-0.39, 0.29) is 44.9 Å². The van der Waals surface area contributed by atoms with E-state index in [1.54, 1.807) is 0 Å². The Labute approximate surface area is 236 Å². The number of ketones is 2. The third-order valence-corrected chi connectivity index (χ3v) is 4.05. The van der Waals surface area contributed by atoms with Crippen molar-refractivity contribution >= 4 is 59.3 Å². The molecule has 42 heavy (non-hydrogen) atoms. The summed E-state index contributed by atoms with van der Waals surface area (Å²) in [6.45, 7) is 0. The van der Waals surface area contributed by atoms with Crippen LogP contribution in [-0.2, 0) is 47.9 Å². The molecule has 0 bridgehead atoms. The van der Waals surface area contributed by atoms with Gasteiger partial charge in [0.15, 0.2) is 0 Å². The maximum Gasteiger partial charge on any atom is 0.372 e. The summed E-state index contributed by atoms with van der Waals surface area (Å²) >= 11 is 0. The van der Waals surface area contributed by atoms with Crippen LogP contribution < -0.4 is 11.5 Å². The number of hydrogen-bond donors (Lipinski definition) is 10. The van der Waals surface area contributed by atoms with Gasteiger partial charge in [0.05, 0.1) is 6.42 Å². The highest BCUT2D eigenvalue weighted by Crippen LogP contribution is 1.99. The van der Waals surface area contributed by atoms with Crippen LogP contribution in [0.4, 0.5) is 0 Å². The zero-order valence-electron chi connectivity index (χ0n) is 22.0. The number of nitrogens with two attached hydrogens (primary N) is 2. The molecule has 0 fully saturated rings. The van der Waals surface area contributed by atoms with Crippen molar-refractivity contribution in [2.24, 2.45) is 11.5 Å². The number of carboxylic acid groups (broad SMARTS) is 8. The maximum atomic E-state index is 10.3. The second-order valence-electron chi connectivity index (χ2n) is 7.71. The Kier molecular flexibility index (Phi) is 27.5. The molecular formula is C22H34N2O18. The van der Waals surface area contributed by atoms with Crippen molar-refractivity contribution in [3.05, 3.63) is 0 Å². The SMILES string of the molecule is NC(CCCC(=O)O)C(=O)O.N[C@@H](CCC(=O)O)C(=O)O.O=C(O)CCC(=O)C(=O)O.O=C(O)CCCC(=O)C(=O)O. The molecule has 0 saturated heterocycles. The first kappa shape index (κ1) is 44.1. The van der Waals surface area contributed by atoms with Crippen LogP contribution in [-0.4, -0.2) is 112 Å². The van der Waals surface area contributed by atoms with E-state index in [2.05, 4.69) is 0 Å². The number of rotatable bonds is 18. The molecule has 0 aliphatic rings. The summed E-state index contributed by atoms with van der Waals surface area (Å²) in [7, 11) is 0. The molecule has 12 N–H and O–H groups in total. The molecule has 20 heteroatoms. The fraction of sp³-hybridized carbons (Fsp3) is 0.545. The monoisotopic (exact) mass is 614 g/mol. The molecular weight excluding hydrogens is 580 g/mol. The number of carbonyl (C=O) groups excluding carboxylic acids is 2. The molecule has 0 aliphatic carbocycles. The van der Waals surface area contributed by atoms with E-state index in [0.29, 0.717) is 6.42 Å². The van der Waals surface area contributed by atoms with Gasteiger partial charge >= 0.3 is 47.8 Å². The van der Waals surface area contributed by atoms with Crippen molar-refractivity contribution in [1.29, 1.82) is 0 Å². The molecule has 20 nitrogen and oxygen atoms in total. The molecule has 0 aliphatic heterocycles. The van der Waals surface area contributed by atoms with Crippen molar-refractivity contribution in [2.45, 2.75) is 76.3 Å². The lowest BCUT2D eigenvalue weighted by Gasteiger charge is -2.02. The summed E-state index contributed by atoms with van der Waals surface area (Å²) in [6, 6.07) is -1.99. The van der Waals surface area contributed by atoms with Gasteiger partial charge in [-0.3, -0.25) is 38.4 Å². The highest BCUT2D eigenvalue weighted by Gasteiger charge is 2.13. The van der Waals surface area contributed by atoms with Crippen LogP contribution in [0.1, 0.15) is 64.2 Å². The van der Waals surface area contributed by atoms with Crippen molar-refractivity contribution < 1.29 is 88.8 Å². The predicted octanol–water partition coefficient (Wildman–Crippen LogP) is -1.68. The largest absolute Gasteiger partial charge is 0.481 e. The second-order valence-corrected chi connectivity index (χ2v) is 7.71. The van der Waals surface area contributed by atoms with Crippen LogP contribution in [0.5, 0.6) is 0 Å². The molecule has 0 radical (unpaired) electrons. The van der Waals surface area contributed by atoms with Crippen LogP contribution in [0, 0.1) is 0 Å². The minimum atomic E-state index is -1.58. The normalized spacial score (nSPS) is 10.7. The average molecular weight is 615 g/mol. The van der Waals surface area contributed by atoms with Crippen LogP contribution in [0.2, 0.25) is 0 Å². The van der Waals surface area contributed by atoms with E-state index in [0.717, 1.165) is 0 Å². The second kappa shape index (κ2) is 26.3. The van der Waals surface area contributed by atoms with Gasteiger partial charge < -0.3 is 52.3 Å². The Morgan fingerprint density at radius 1 is 0.405 bits per heavy atom. The van der Waals surface area contributed by atoms with Gasteiger partial charge in [0.2, 0.25) is 11.6 Å². The number of hydrogen-bond acceptors (Lipinski definition) is 12. The van der Waals surface area contributed by atoms with Crippen molar-refractivity contribution in [3.63, 3.8) is 0 Å². The Balaban J connectivity index is -0.000000229. The van der Waals surface area contributed by atoms with E-state index in [4.69, 9.17) is 52.3 Å². The van der Waals surface area contributed by atoms with Gasteiger partial charge in [-0.05, 0) is 25.7 Å². The zero-order chi connectivity index (χ0) is 34.0. The van der Waals surface area contributed by atoms with Gasteiger partial charge in [0.25, 0.3) is 0 Å². The standard InChI is InChI=1S/C6H11NO4.C6H8O5.C5H9NO4.C5H6O5/c2*7-4(6(10)11)2-1-3-5(8)9;2*6-3(5(9)10)1-2-4(7)8/h4H,1-3,7H2,(H,8,9)(H,10,11);1-3H2,(H,8,9)(H,10,11);3H,1-2,6H2,(H,7,8)(H,9,10);1-2H2,(H,7,8)(H,9,10)/t;;3-;/m..0./s1. The van der Waals surface area contributed by atoms with Crippen LogP contribution in [0.15, 0.2) is 0 Å². The lowest BCUT2D eigenvalue weighted by Crippen LogP contribution is -2.30. The Bertz CT molecular complexity index is 961. The number of aliphatic carboxylic acids is 8. The topological polar surface area (TPSA) is 385 Å². The van der Waals surface area contributed by atoms with E-state index >= 15 is 0 Å². The molecule has 0 rings (SSSR count). The number of Topliss-reactive ketones (excluding diaryl/α,β-unsaturated/α-hetero) is 2. The predicted molar refractivity (Wildman–Crippen MR) is 133 cm³/mol. The quantitative estimate of drug-likeness (QED) is 0.0770. The number of carbonyl (C=O) groups is 10. The van der Waals surface area contributed by atoms with Gasteiger partial charge in [-0.1, -0.05) is 0 Å². The first-order chi connectivity index (χ1) is 19.1. The summed E-state index contributed by atoms with van der Waals surface area (Å²) in [4.78, 5) is 99.8. The molecule has 0 aromatic heterocycles. The third kappa shape index (κ3) is 37.2. The van der Waals surface area contributed by atoms with Crippen molar-refractivity contribution in [1.82, 2.24) is 0 Å². The maximum absolute atomic E-state index is 10.3. The van der Waals surface area contributed by atoms with E-state index in [1.165, 1.54) is 0 Å². The van der Waals surface area contributed by atoms with Crippen LogP contribution in [0.25, 0.3) is 0 Å². The first-order valence-corrected chi connectivity index (χ1v) is 11.5. The first-order valence-electron chi connectivity index (χ1n) is 11.5. The highest BCUT2D eigenvalue weighted by atomic mass is 16.4. The smallest absolute Gasteiger partial charge is 0.372 e. The Morgan fingerprint density at radius 2 is 0.738 bits per heavy atom. The molecule has 0 aromatic carbocycles. The van der Waals surface area contributed by atoms with Gasteiger partial charge in [-0.15, -0.1) is 0 Å². The molecule has 0 spiro atoms. The summed E-state index contributed by atoms with van der Waals surface area (Å²) in [5, 5.41) is 64.8. The molecule has 0 amide bonds. The van der Waals surface area contributed by atoms with Gasteiger partial charge in [-0.2, -0.15) is 0 Å². The van der Waals surface area contributed by atoms with E-state index in [1.807, 2.05) is 0 Å². The molecule has 240 valence electrons. The van der Waals surface area contributed by atoms with Gasteiger partial charge in [-0.25, -0.2) is 9.59 Å². The van der Waals surface area contributed by atoms with Crippen LogP contribution in [0.3, 0.4) is 0 Å². The highest BCUT2D eigenvalue weighted by molar-refractivity contribution is 6.33. The molecule has 0 saturated carbocycles. The fourth-order valence-electron chi connectivity index (χ4n) is 1.83. The number of carboxylic acids is 8. The van der Waals surface area contributed by atoms with E-state index in [9.17, 15) is 47.9 Å². The van der Waals surface area contributed by atoms with Crippen molar-refractivity contribution in [3.8, 4) is 0 Å². The molecule has 1 unspecified atom stereocenters. The average Bonchev–Trinajstić information content (AvgIpc) is 2.85. The summed E-state index contributed by atoms with van der Waals surface area (Å²) in [6.07, 6.45) is -0.888. The molecule has 2 atom stereocenters. The Morgan fingerprint density at radius 3 is 1.07 bits per heavy atom. The fourth-order valence-corrected chi connectivity index (χ4v) is 1.83. The minimum absolute atomic E-state index is 0.0231. The Hall–Kier alpha value is -4.98. The van der Waals surface area contributed by atoms with Crippen molar-refractivity contribution in [2.75, 3.05) is 0 Å². The molecule has 0 heterocycles. The third-order valence-electron chi connectivity index (χ3n) is 4.05. The lowest BCUT2D eigenvalue weighted by molar-refractivity contribution is -0.150. The van der Waals surface area contributed by atoms with E-state index < -0.39 is 84.2 Å². The van der Waals surface area contributed by atoms with Gasteiger partial charge in [0, 0.05) is 32.1 Å². The zero-order valence-corrected chi connectivity index (χ0v) is 22.0. The lowest BCUT2D eigenvalue weighted by atomic mass is 10.1. The van der Waals surface area contributed by atoms with Crippen LogP contribution >= 0.6 is 0 Å². The molecule has 0 aromatic rings. The summed E-state index contributed by atoms with van der Waals surface area (Å²) in [5.41, 5.74) is 10.1. The summed E-state index contributed by atoms with van der Waals surface area (Å²) < 4.78 is 0. The van der Waals surface area contributed by atoms with Gasteiger partial charge in [0.1, 0.15) is 12.1 Å². The summed E-state index contributed by atoms with van der Waals surface area (Å²) in [5.74, 6) is -11.5.